The first kappa shape index (κ1) is 15.9. The van der Waals surface area contributed by atoms with Crippen molar-refractivity contribution in [1.82, 2.24) is 5.32 Å². The molecule has 4 unspecified atom stereocenters. The second-order valence-corrected chi connectivity index (χ2v) is 5.57. The van der Waals surface area contributed by atoms with Crippen LogP contribution in [0.4, 0.5) is 0 Å². The summed E-state index contributed by atoms with van der Waals surface area (Å²) in [5.74, 6) is 1.55. The molecule has 0 aromatic carbocycles. The van der Waals surface area contributed by atoms with Gasteiger partial charge >= 0.3 is 0 Å². The van der Waals surface area contributed by atoms with E-state index in [1.807, 2.05) is 0 Å². The summed E-state index contributed by atoms with van der Waals surface area (Å²) in [6.07, 6.45) is 3.43. The highest BCUT2D eigenvalue weighted by atomic mass is 16.5. The van der Waals surface area contributed by atoms with Crippen molar-refractivity contribution in [1.29, 1.82) is 0 Å². The number of methoxy groups -OCH3 is 1. The monoisotopic (exact) mass is 259 g/mol. The van der Waals surface area contributed by atoms with E-state index in [-0.39, 0.29) is 0 Å². The molecule has 4 heteroatoms. The summed E-state index contributed by atoms with van der Waals surface area (Å²) in [6.45, 7) is 7.06. The predicted molar refractivity (Wildman–Crippen MR) is 72.7 cm³/mol. The average Bonchev–Trinajstić information content (AvgIpc) is 2.36. The van der Waals surface area contributed by atoms with Crippen molar-refractivity contribution in [3.8, 4) is 0 Å². The Morgan fingerprint density at radius 1 is 1.28 bits per heavy atom. The molecule has 108 valence electrons. The van der Waals surface area contributed by atoms with Gasteiger partial charge in [-0.1, -0.05) is 13.8 Å². The van der Waals surface area contributed by atoms with E-state index in [0.717, 1.165) is 31.2 Å². The molecule has 0 heterocycles. The van der Waals surface area contributed by atoms with Crippen LogP contribution in [0, 0.1) is 11.8 Å². The summed E-state index contributed by atoms with van der Waals surface area (Å²) in [7, 11) is 1.67. The van der Waals surface area contributed by atoms with Crippen LogP contribution < -0.4 is 5.32 Å². The van der Waals surface area contributed by atoms with E-state index in [2.05, 4.69) is 19.2 Å². The van der Waals surface area contributed by atoms with E-state index in [9.17, 15) is 5.11 Å². The summed E-state index contributed by atoms with van der Waals surface area (Å²) >= 11 is 0. The van der Waals surface area contributed by atoms with Gasteiger partial charge in [-0.2, -0.15) is 0 Å². The highest BCUT2D eigenvalue weighted by Crippen LogP contribution is 2.30. The molecule has 1 rings (SSSR count). The third kappa shape index (κ3) is 6.14. The number of aliphatic hydroxyl groups excluding tert-OH is 1. The van der Waals surface area contributed by atoms with Gasteiger partial charge in [0.05, 0.1) is 25.4 Å². The molecule has 0 amide bonds. The first-order chi connectivity index (χ1) is 8.63. The van der Waals surface area contributed by atoms with E-state index in [0.29, 0.717) is 25.9 Å². The summed E-state index contributed by atoms with van der Waals surface area (Å²) < 4.78 is 10.7. The van der Waals surface area contributed by atoms with Crippen LogP contribution in [0.5, 0.6) is 0 Å². The van der Waals surface area contributed by atoms with Crippen LogP contribution in [-0.4, -0.2) is 50.7 Å². The summed E-state index contributed by atoms with van der Waals surface area (Å²) in [5.41, 5.74) is 0. The lowest BCUT2D eigenvalue weighted by atomic mass is 9.80. The normalized spacial score (nSPS) is 30.3. The molecule has 0 aromatic heterocycles. The molecular formula is C14H29NO3. The minimum absolute atomic E-state index is 0.338. The molecule has 0 spiro atoms. The maximum Gasteiger partial charge on any atom is 0.0897 e. The van der Waals surface area contributed by atoms with E-state index in [1.54, 1.807) is 7.11 Å². The number of aliphatic hydroxyl groups is 1. The van der Waals surface area contributed by atoms with Gasteiger partial charge in [0, 0.05) is 20.2 Å². The van der Waals surface area contributed by atoms with Crippen LogP contribution in [0.25, 0.3) is 0 Å². The molecule has 1 aliphatic rings. The van der Waals surface area contributed by atoms with E-state index < -0.39 is 6.10 Å². The zero-order valence-electron chi connectivity index (χ0n) is 12.0. The number of nitrogens with one attached hydrogen (secondary N) is 1. The largest absolute Gasteiger partial charge is 0.389 e. The fourth-order valence-corrected chi connectivity index (χ4v) is 2.40. The molecule has 0 radical (unpaired) electrons. The van der Waals surface area contributed by atoms with E-state index in [1.165, 1.54) is 6.42 Å². The van der Waals surface area contributed by atoms with Crippen molar-refractivity contribution in [2.24, 2.45) is 11.8 Å². The zero-order chi connectivity index (χ0) is 13.4. The van der Waals surface area contributed by atoms with Gasteiger partial charge in [-0.05, 0) is 31.1 Å². The summed E-state index contributed by atoms with van der Waals surface area (Å²) in [6, 6.07) is 0. The van der Waals surface area contributed by atoms with Gasteiger partial charge in [0.25, 0.3) is 0 Å². The van der Waals surface area contributed by atoms with E-state index >= 15 is 0 Å². The van der Waals surface area contributed by atoms with Crippen LogP contribution in [0.1, 0.15) is 33.1 Å². The van der Waals surface area contributed by atoms with Crippen molar-refractivity contribution in [3.05, 3.63) is 0 Å². The third-order valence-corrected chi connectivity index (χ3v) is 3.94. The number of hydrogen-bond donors (Lipinski definition) is 2. The van der Waals surface area contributed by atoms with Crippen LogP contribution in [0.3, 0.4) is 0 Å². The van der Waals surface area contributed by atoms with Gasteiger partial charge in [0.1, 0.15) is 0 Å². The van der Waals surface area contributed by atoms with Crippen LogP contribution in [0.15, 0.2) is 0 Å². The van der Waals surface area contributed by atoms with Gasteiger partial charge < -0.3 is 19.9 Å². The van der Waals surface area contributed by atoms with Crippen molar-refractivity contribution in [2.45, 2.75) is 45.3 Å². The zero-order valence-corrected chi connectivity index (χ0v) is 12.0. The Morgan fingerprint density at radius 2 is 2.06 bits per heavy atom. The van der Waals surface area contributed by atoms with Crippen molar-refractivity contribution in [2.75, 3.05) is 33.4 Å². The van der Waals surface area contributed by atoms with Gasteiger partial charge in [-0.3, -0.25) is 0 Å². The third-order valence-electron chi connectivity index (χ3n) is 3.94. The van der Waals surface area contributed by atoms with E-state index in [4.69, 9.17) is 9.47 Å². The van der Waals surface area contributed by atoms with Crippen molar-refractivity contribution in [3.63, 3.8) is 0 Å². The molecule has 0 saturated heterocycles. The summed E-state index contributed by atoms with van der Waals surface area (Å²) in [5, 5.41) is 12.9. The van der Waals surface area contributed by atoms with Crippen molar-refractivity contribution >= 4 is 0 Å². The molecular weight excluding hydrogens is 230 g/mol. The number of rotatable bonds is 8. The molecule has 1 fully saturated rings. The standard InChI is InChI=1S/C14H29NO3/c1-11-4-5-14(8-12(11)2)18-10-13(16)9-15-6-7-17-3/h11-16H,4-10H2,1-3H3. The first-order valence-corrected chi connectivity index (χ1v) is 7.12. The average molecular weight is 259 g/mol. The highest BCUT2D eigenvalue weighted by Gasteiger charge is 2.25. The summed E-state index contributed by atoms with van der Waals surface area (Å²) in [4.78, 5) is 0. The number of hydrogen-bond acceptors (Lipinski definition) is 4. The molecule has 0 aliphatic heterocycles. The number of ether oxygens (including phenoxy) is 2. The van der Waals surface area contributed by atoms with Crippen LogP contribution in [-0.2, 0) is 9.47 Å². The van der Waals surface area contributed by atoms with Gasteiger partial charge in [-0.25, -0.2) is 0 Å². The van der Waals surface area contributed by atoms with Gasteiger partial charge in [0.15, 0.2) is 0 Å². The van der Waals surface area contributed by atoms with Crippen molar-refractivity contribution < 1.29 is 14.6 Å². The Hall–Kier alpha value is -0.160. The second kappa shape index (κ2) is 8.86. The Bertz CT molecular complexity index is 213. The molecule has 1 saturated carbocycles. The predicted octanol–water partition coefficient (Wildman–Crippen LogP) is 1.42. The Kier molecular flexibility index (Phi) is 7.82. The minimum Gasteiger partial charge on any atom is -0.389 e. The minimum atomic E-state index is -0.420. The maximum absolute atomic E-state index is 9.77. The quantitative estimate of drug-likeness (QED) is 0.647. The lowest BCUT2D eigenvalue weighted by Gasteiger charge is -2.32. The molecule has 4 nitrogen and oxygen atoms in total. The lowest BCUT2D eigenvalue weighted by molar-refractivity contribution is -0.0383. The Balaban J connectivity index is 2.05. The fraction of sp³-hybridized carbons (Fsp3) is 1.00. The topological polar surface area (TPSA) is 50.7 Å². The Labute approximate surface area is 111 Å². The Morgan fingerprint density at radius 3 is 2.72 bits per heavy atom. The molecule has 0 aromatic rings. The molecule has 4 atom stereocenters. The lowest BCUT2D eigenvalue weighted by Crippen LogP contribution is -2.35. The smallest absolute Gasteiger partial charge is 0.0897 e. The molecule has 18 heavy (non-hydrogen) atoms. The second-order valence-electron chi connectivity index (χ2n) is 5.57. The van der Waals surface area contributed by atoms with Crippen LogP contribution in [0.2, 0.25) is 0 Å². The molecule has 1 aliphatic carbocycles. The van der Waals surface area contributed by atoms with Gasteiger partial charge in [0.2, 0.25) is 0 Å². The van der Waals surface area contributed by atoms with Gasteiger partial charge in [-0.15, -0.1) is 0 Å². The fourth-order valence-electron chi connectivity index (χ4n) is 2.40. The first-order valence-electron chi connectivity index (χ1n) is 7.12. The maximum atomic E-state index is 9.77. The molecule has 0 bridgehead atoms. The SMILES string of the molecule is COCCNCC(O)COC1CCC(C)C(C)C1. The highest BCUT2D eigenvalue weighted by molar-refractivity contribution is 4.76. The van der Waals surface area contributed by atoms with Crippen LogP contribution >= 0.6 is 0 Å². The molecule has 2 N–H and O–H groups in total.